The van der Waals surface area contributed by atoms with Crippen molar-refractivity contribution in [3.8, 4) is 0 Å². The number of aromatic nitrogens is 2. The maximum absolute atomic E-state index is 4.39. The fourth-order valence-corrected chi connectivity index (χ4v) is 2.08. The van der Waals surface area contributed by atoms with Gasteiger partial charge in [0.05, 0.1) is 6.54 Å². The summed E-state index contributed by atoms with van der Waals surface area (Å²) in [5.74, 6) is 1.13. The molecule has 4 nitrogen and oxygen atoms in total. The normalized spacial score (nSPS) is 13.5. The van der Waals surface area contributed by atoms with E-state index in [1.807, 2.05) is 12.4 Å². The molecule has 4 heteroatoms. The van der Waals surface area contributed by atoms with Crippen LogP contribution >= 0.6 is 0 Å². The first-order valence-corrected chi connectivity index (χ1v) is 6.94. The van der Waals surface area contributed by atoms with E-state index in [0.29, 0.717) is 12.1 Å². The van der Waals surface area contributed by atoms with Crippen LogP contribution in [0.25, 0.3) is 0 Å². The fraction of sp³-hybridized carbons (Fsp3) is 0.786. The quantitative estimate of drug-likeness (QED) is 0.768. The zero-order chi connectivity index (χ0) is 13.5. The molecule has 0 bridgehead atoms. The third kappa shape index (κ3) is 4.78. The van der Waals surface area contributed by atoms with Crippen LogP contribution in [0, 0.1) is 0 Å². The molecule has 1 atom stereocenters. The number of hydrogen-bond acceptors (Lipinski definition) is 3. The Morgan fingerprint density at radius 3 is 2.67 bits per heavy atom. The Bertz CT molecular complexity index is 332. The van der Waals surface area contributed by atoms with Crippen LogP contribution in [-0.4, -0.2) is 40.1 Å². The van der Waals surface area contributed by atoms with Crippen molar-refractivity contribution in [1.82, 2.24) is 19.8 Å². The van der Waals surface area contributed by atoms with Crippen LogP contribution in [0.1, 0.15) is 39.4 Å². The highest BCUT2D eigenvalue weighted by Crippen LogP contribution is 2.08. The van der Waals surface area contributed by atoms with Gasteiger partial charge in [-0.2, -0.15) is 0 Å². The maximum Gasteiger partial charge on any atom is 0.122 e. The van der Waals surface area contributed by atoms with Gasteiger partial charge in [0, 0.05) is 38.1 Å². The Labute approximate surface area is 111 Å². The highest BCUT2D eigenvalue weighted by molar-refractivity contribution is 4.91. The second-order valence-electron chi connectivity index (χ2n) is 5.37. The molecule has 0 fully saturated rings. The minimum atomic E-state index is 0.547. The second-order valence-corrected chi connectivity index (χ2v) is 5.37. The average Bonchev–Trinajstić information content (AvgIpc) is 2.70. The SMILES string of the molecule is CCCC(CNC(C)C)N(C)Cc1nccn1C. The molecule has 1 heterocycles. The molecule has 0 aliphatic heterocycles. The summed E-state index contributed by atoms with van der Waals surface area (Å²) in [7, 11) is 4.24. The summed E-state index contributed by atoms with van der Waals surface area (Å²) in [5, 5.41) is 3.54. The number of rotatable bonds is 8. The first-order chi connectivity index (χ1) is 8.54. The van der Waals surface area contributed by atoms with Gasteiger partial charge in [0.15, 0.2) is 0 Å². The van der Waals surface area contributed by atoms with Crippen LogP contribution in [0.2, 0.25) is 0 Å². The number of imidazole rings is 1. The molecule has 1 rings (SSSR count). The summed E-state index contributed by atoms with van der Waals surface area (Å²) in [6, 6.07) is 1.13. The number of nitrogens with zero attached hydrogens (tertiary/aromatic N) is 3. The largest absolute Gasteiger partial charge is 0.337 e. The molecule has 104 valence electrons. The highest BCUT2D eigenvalue weighted by Gasteiger charge is 2.15. The smallest absolute Gasteiger partial charge is 0.122 e. The first-order valence-electron chi connectivity index (χ1n) is 6.94. The number of hydrogen-bond donors (Lipinski definition) is 1. The van der Waals surface area contributed by atoms with Crippen molar-refractivity contribution in [2.75, 3.05) is 13.6 Å². The summed E-state index contributed by atoms with van der Waals surface area (Å²) >= 11 is 0. The topological polar surface area (TPSA) is 33.1 Å². The van der Waals surface area contributed by atoms with Crippen LogP contribution in [0.3, 0.4) is 0 Å². The summed E-state index contributed by atoms with van der Waals surface area (Å²) < 4.78 is 2.09. The molecule has 0 radical (unpaired) electrons. The molecule has 1 unspecified atom stereocenters. The van der Waals surface area contributed by atoms with Gasteiger partial charge in [-0.15, -0.1) is 0 Å². The van der Waals surface area contributed by atoms with Crippen molar-refractivity contribution >= 4 is 0 Å². The van der Waals surface area contributed by atoms with Crippen molar-refractivity contribution in [3.05, 3.63) is 18.2 Å². The minimum absolute atomic E-state index is 0.547. The van der Waals surface area contributed by atoms with Gasteiger partial charge >= 0.3 is 0 Å². The summed E-state index contributed by atoms with van der Waals surface area (Å²) in [5.41, 5.74) is 0. The Kier molecular flexibility index (Phi) is 6.36. The summed E-state index contributed by atoms with van der Waals surface area (Å²) in [6.45, 7) is 8.60. The van der Waals surface area contributed by atoms with Crippen LogP contribution < -0.4 is 5.32 Å². The van der Waals surface area contributed by atoms with Crippen molar-refractivity contribution in [2.24, 2.45) is 7.05 Å². The first kappa shape index (κ1) is 15.2. The van der Waals surface area contributed by atoms with E-state index in [9.17, 15) is 0 Å². The lowest BCUT2D eigenvalue weighted by Crippen LogP contribution is -2.42. The van der Waals surface area contributed by atoms with E-state index in [-0.39, 0.29) is 0 Å². The van der Waals surface area contributed by atoms with Gasteiger partial charge < -0.3 is 9.88 Å². The van der Waals surface area contributed by atoms with E-state index in [1.54, 1.807) is 0 Å². The number of aryl methyl sites for hydroxylation is 1. The van der Waals surface area contributed by atoms with Crippen LogP contribution in [0.15, 0.2) is 12.4 Å². The van der Waals surface area contributed by atoms with Crippen LogP contribution in [-0.2, 0) is 13.6 Å². The van der Waals surface area contributed by atoms with Crippen molar-refractivity contribution in [2.45, 2.75) is 52.2 Å². The predicted octanol–water partition coefficient (Wildman–Crippen LogP) is 2.02. The molecule has 0 spiro atoms. The molecule has 1 aromatic rings. The molecular weight excluding hydrogens is 224 g/mol. The molecule has 0 saturated carbocycles. The average molecular weight is 252 g/mol. The van der Waals surface area contributed by atoms with Crippen LogP contribution in [0.4, 0.5) is 0 Å². The second kappa shape index (κ2) is 7.54. The summed E-state index contributed by atoms with van der Waals surface area (Å²) in [6.07, 6.45) is 6.31. The van der Waals surface area contributed by atoms with E-state index in [1.165, 1.54) is 12.8 Å². The standard InChI is InChI=1S/C14H28N4/c1-6-7-13(10-16-12(2)3)18(5)11-14-15-8-9-17(14)4/h8-9,12-13,16H,6-7,10-11H2,1-5H3. The van der Waals surface area contributed by atoms with Crippen molar-refractivity contribution in [1.29, 1.82) is 0 Å². The van der Waals surface area contributed by atoms with Gasteiger partial charge in [0.2, 0.25) is 0 Å². The Hall–Kier alpha value is -0.870. The van der Waals surface area contributed by atoms with Gasteiger partial charge in [-0.25, -0.2) is 4.98 Å². The third-order valence-corrected chi connectivity index (χ3v) is 3.32. The zero-order valence-electron chi connectivity index (χ0n) is 12.5. The maximum atomic E-state index is 4.39. The van der Waals surface area contributed by atoms with Gasteiger partial charge in [0.1, 0.15) is 5.82 Å². The fourth-order valence-electron chi connectivity index (χ4n) is 2.08. The third-order valence-electron chi connectivity index (χ3n) is 3.32. The van der Waals surface area contributed by atoms with Gasteiger partial charge in [0.25, 0.3) is 0 Å². The predicted molar refractivity (Wildman–Crippen MR) is 76.5 cm³/mol. The Morgan fingerprint density at radius 1 is 1.44 bits per heavy atom. The zero-order valence-corrected chi connectivity index (χ0v) is 12.5. The van der Waals surface area contributed by atoms with Crippen molar-refractivity contribution < 1.29 is 0 Å². The lowest BCUT2D eigenvalue weighted by molar-refractivity contribution is 0.205. The Morgan fingerprint density at radius 2 is 2.17 bits per heavy atom. The number of likely N-dealkylation sites (N-methyl/N-ethyl adjacent to an activating group) is 1. The van der Waals surface area contributed by atoms with E-state index in [2.05, 4.69) is 54.6 Å². The van der Waals surface area contributed by atoms with Gasteiger partial charge in [-0.3, -0.25) is 4.90 Å². The molecule has 1 aromatic heterocycles. The highest BCUT2D eigenvalue weighted by atomic mass is 15.2. The van der Waals surface area contributed by atoms with Gasteiger partial charge in [-0.05, 0) is 13.5 Å². The number of nitrogens with one attached hydrogen (secondary N) is 1. The molecule has 0 aliphatic rings. The van der Waals surface area contributed by atoms with E-state index < -0.39 is 0 Å². The van der Waals surface area contributed by atoms with E-state index in [4.69, 9.17) is 0 Å². The van der Waals surface area contributed by atoms with E-state index in [0.717, 1.165) is 18.9 Å². The molecule has 18 heavy (non-hydrogen) atoms. The lowest BCUT2D eigenvalue weighted by Gasteiger charge is -2.28. The summed E-state index contributed by atoms with van der Waals surface area (Å²) in [4.78, 5) is 6.80. The molecule has 0 aliphatic carbocycles. The van der Waals surface area contributed by atoms with Crippen LogP contribution in [0.5, 0.6) is 0 Å². The lowest BCUT2D eigenvalue weighted by atomic mass is 10.1. The molecular formula is C14H28N4. The van der Waals surface area contributed by atoms with Gasteiger partial charge in [-0.1, -0.05) is 27.2 Å². The van der Waals surface area contributed by atoms with Crippen molar-refractivity contribution in [3.63, 3.8) is 0 Å². The molecule has 0 saturated heterocycles. The molecule has 0 aromatic carbocycles. The molecule has 0 amide bonds. The monoisotopic (exact) mass is 252 g/mol. The molecule has 1 N–H and O–H groups in total. The Balaban J connectivity index is 2.53. The minimum Gasteiger partial charge on any atom is -0.337 e. The van der Waals surface area contributed by atoms with E-state index >= 15 is 0 Å².